The summed E-state index contributed by atoms with van der Waals surface area (Å²) >= 11 is 0. The van der Waals surface area contributed by atoms with E-state index in [9.17, 15) is 14.4 Å². The molecular weight excluding hydrogens is 436 g/mol. The van der Waals surface area contributed by atoms with E-state index in [-0.39, 0.29) is 50.3 Å². The number of methoxy groups -OCH3 is 1. The Morgan fingerprint density at radius 3 is 2.41 bits per heavy atom. The van der Waals surface area contributed by atoms with E-state index in [1.165, 1.54) is 7.11 Å². The van der Waals surface area contributed by atoms with E-state index in [0.717, 1.165) is 5.56 Å². The summed E-state index contributed by atoms with van der Waals surface area (Å²) in [6.07, 6.45) is 4.31. The Bertz CT molecular complexity index is 783. The average molecular weight is 475 g/mol. The number of rotatable bonds is 17. The molecular formula is C26H38N2O6. The zero-order chi connectivity index (χ0) is 25.3. The van der Waals surface area contributed by atoms with E-state index < -0.39 is 24.1 Å². The van der Waals surface area contributed by atoms with Gasteiger partial charge in [0.05, 0.1) is 25.2 Å². The van der Waals surface area contributed by atoms with Gasteiger partial charge in [0.25, 0.3) is 0 Å². The first kappa shape index (κ1) is 29.1. The van der Waals surface area contributed by atoms with Crippen molar-refractivity contribution >= 4 is 17.8 Å². The topological polar surface area (TPSA) is 114 Å². The zero-order valence-electron chi connectivity index (χ0n) is 20.2. The molecule has 0 aliphatic heterocycles. The average Bonchev–Trinajstić information content (AvgIpc) is 2.82. The van der Waals surface area contributed by atoms with Crippen molar-refractivity contribution in [1.29, 1.82) is 0 Å². The van der Waals surface area contributed by atoms with E-state index in [0.29, 0.717) is 12.8 Å². The van der Waals surface area contributed by atoms with Gasteiger partial charge < -0.3 is 25.2 Å². The van der Waals surface area contributed by atoms with Crippen molar-refractivity contribution in [2.24, 2.45) is 5.92 Å². The second-order valence-corrected chi connectivity index (χ2v) is 8.15. The lowest BCUT2D eigenvalue weighted by atomic mass is 9.97. The van der Waals surface area contributed by atoms with Gasteiger partial charge >= 0.3 is 5.97 Å². The van der Waals surface area contributed by atoms with Crippen molar-refractivity contribution in [3.05, 3.63) is 61.2 Å². The molecule has 0 unspecified atom stereocenters. The lowest BCUT2D eigenvalue weighted by Crippen LogP contribution is -2.47. The highest BCUT2D eigenvalue weighted by Crippen LogP contribution is 2.24. The molecule has 1 aromatic carbocycles. The molecule has 2 amide bonds. The number of aliphatic hydroxyl groups is 1. The molecule has 1 aromatic rings. The van der Waals surface area contributed by atoms with Crippen molar-refractivity contribution in [3.63, 3.8) is 0 Å². The van der Waals surface area contributed by atoms with Crippen LogP contribution in [0.25, 0.3) is 0 Å². The van der Waals surface area contributed by atoms with Crippen molar-refractivity contribution in [2.75, 3.05) is 20.3 Å². The number of hydrogen-bond donors (Lipinski definition) is 3. The van der Waals surface area contributed by atoms with E-state index in [4.69, 9.17) is 14.6 Å². The van der Waals surface area contributed by atoms with Crippen LogP contribution in [0, 0.1) is 5.92 Å². The molecule has 188 valence electrons. The third-order valence-electron chi connectivity index (χ3n) is 5.15. The van der Waals surface area contributed by atoms with Crippen LogP contribution in [0.2, 0.25) is 0 Å². The van der Waals surface area contributed by atoms with Crippen molar-refractivity contribution < 1.29 is 29.0 Å². The monoisotopic (exact) mass is 474 g/mol. The Kier molecular flexibility index (Phi) is 14.2. The number of allylic oxidation sites excluding steroid dienone is 2. The van der Waals surface area contributed by atoms with Crippen molar-refractivity contribution in [1.82, 2.24) is 10.6 Å². The molecule has 1 rings (SSSR count). The van der Waals surface area contributed by atoms with Crippen LogP contribution in [-0.4, -0.2) is 55.3 Å². The van der Waals surface area contributed by atoms with E-state index >= 15 is 0 Å². The highest BCUT2D eigenvalue weighted by Gasteiger charge is 2.31. The zero-order valence-corrected chi connectivity index (χ0v) is 20.2. The van der Waals surface area contributed by atoms with E-state index in [1.54, 1.807) is 19.1 Å². The lowest BCUT2D eigenvalue weighted by Gasteiger charge is -2.29. The lowest BCUT2D eigenvalue weighted by molar-refractivity contribution is -0.153. The maximum Gasteiger partial charge on any atom is 0.306 e. The normalized spacial score (nSPS) is 14.2. The van der Waals surface area contributed by atoms with Gasteiger partial charge in [-0.2, -0.15) is 0 Å². The maximum atomic E-state index is 13.1. The van der Waals surface area contributed by atoms with Crippen LogP contribution in [-0.2, 0) is 23.9 Å². The van der Waals surface area contributed by atoms with Crippen LogP contribution in [0.5, 0.6) is 0 Å². The number of ether oxygens (including phenoxy) is 2. The molecule has 4 atom stereocenters. The van der Waals surface area contributed by atoms with Gasteiger partial charge in [-0.05, 0) is 31.7 Å². The minimum atomic E-state index is -0.769. The van der Waals surface area contributed by atoms with Crippen LogP contribution < -0.4 is 10.6 Å². The Balaban J connectivity index is 3.05. The number of hydrogen-bond acceptors (Lipinski definition) is 6. The predicted octanol–water partition coefficient (Wildman–Crippen LogP) is 2.84. The quantitative estimate of drug-likeness (QED) is 0.182. The van der Waals surface area contributed by atoms with Crippen LogP contribution in [0.3, 0.4) is 0 Å². The number of nitrogens with one attached hydrogen (secondary N) is 2. The van der Waals surface area contributed by atoms with Crippen LogP contribution in [0.1, 0.15) is 50.7 Å². The SMILES string of the molecule is C=CCCCC(=O)O[C@@H](c1ccccc1)[C@H](COC)NC(=O)[C@@H](CC=C)CC(=O)N[C@H](C)CO. The molecule has 8 nitrogen and oxygen atoms in total. The Morgan fingerprint density at radius 1 is 1.12 bits per heavy atom. The summed E-state index contributed by atoms with van der Waals surface area (Å²) in [7, 11) is 1.50. The third kappa shape index (κ3) is 10.8. The standard InChI is InChI=1S/C26H38N2O6/c1-5-7-9-15-24(31)34-25(20-13-10-8-11-14-20)22(18-33-4)28-26(32)21(12-6-2)16-23(30)27-19(3)17-29/h5-6,8,10-11,13-14,19,21-22,25,29H,1-2,7,9,12,15-18H2,3-4H3,(H,27,30)(H,28,32)/t19-,21+,22+,25+/m1/s1. The third-order valence-corrected chi connectivity index (χ3v) is 5.15. The molecule has 0 bridgehead atoms. The first-order chi connectivity index (χ1) is 16.4. The fourth-order valence-corrected chi connectivity index (χ4v) is 3.39. The summed E-state index contributed by atoms with van der Waals surface area (Å²) < 4.78 is 11.1. The van der Waals surface area contributed by atoms with Gasteiger partial charge in [0, 0.05) is 26.0 Å². The van der Waals surface area contributed by atoms with Gasteiger partial charge in [-0.15, -0.1) is 13.2 Å². The Hall–Kier alpha value is -2.97. The summed E-state index contributed by atoms with van der Waals surface area (Å²) in [4.78, 5) is 38.0. The van der Waals surface area contributed by atoms with Crippen molar-refractivity contribution in [3.8, 4) is 0 Å². The minimum absolute atomic E-state index is 0.0702. The summed E-state index contributed by atoms with van der Waals surface area (Å²) in [6, 6.07) is 8.06. The largest absolute Gasteiger partial charge is 0.455 e. The molecule has 0 saturated carbocycles. The highest BCUT2D eigenvalue weighted by molar-refractivity contribution is 5.86. The molecule has 0 radical (unpaired) electrons. The molecule has 34 heavy (non-hydrogen) atoms. The smallest absolute Gasteiger partial charge is 0.306 e. The fraction of sp³-hybridized carbons (Fsp3) is 0.500. The van der Waals surface area contributed by atoms with Crippen molar-refractivity contribution in [2.45, 2.75) is 57.2 Å². The Morgan fingerprint density at radius 2 is 1.82 bits per heavy atom. The first-order valence-corrected chi connectivity index (χ1v) is 11.5. The molecule has 8 heteroatoms. The molecule has 3 N–H and O–H groups in total. The summed E-state index contributed by atoms with van der Waals surface area (Å²) in [5.74, 6) is -1.79. The van der Waals surface area contributed by atoms with Gasteiger partial charge in [-0.25, -0.2) is 0 Å². The number of carbonyl (C=O) groups is 3. The van der Waals surface area contributed by atoms with Gasteiger partial charge in [-0.1, -0.05) is 42.5 Å². The van der Waals surface area contributed by atoms with Gasteiger partial charge in [0.15, 0.2) is 0 Å². The second-order valence-electron chi connectivity index (χ2n) is 8.15. The molecule has 0 heterocycles. The Labute approximate surface area is 202 Å². The van der Waals surface area contributed by atoms with Crippen LogP contribution in [0.4, 0.5) is 0 Å². The van der Waals surface area contributed by atoms with Gasteiger partial charge in [0.1, 0.15) is 6.10 Å². The molecule has 0 saturated heterocycles. The molecule has 0 spiro atoms. The number of unbranched alkanes of at least 4 members (excludes halogenated alkanes) is 1. The fourth-order valence-electron chi connectivity index (χ4n) is 3.39. The maximum absolute atomic E-state index is 13.1. The molecule has 0 aliphatic carbocycles. The summed E-state index contributed by atoms with van der Waals surface area (Å²) in [5, 5.41) is 14.7. The van der Waals surface area contributed by atoms with Crippen LogP contribution in [0.15, 0.2) is 55.6 Å². The number of aliphatic hydroxyl groups excluding tert-OH is 1. The molecule has 0 fully saturated rings. The molecule has 0 aromatic heterocycles. The number of amides is 2. The predicted molar refractivity (Wildman–Crippen MR) is 131 cm³/mol. The van der Waals surface area contributed by atoms with E-state index in [2.05, 4.69) is 23.8 Å². The summed E-state index contributed by atoms with van der Waals surface area (Å²) in [6.45, 7) is 8.92. The first-order valence-electron chi connectivity index (χ1n) is 11.5. The molecule has 0 aliphatic rings. The highest BCUT2D eigenvalue weighted by atomic mass is 16.5. The summed E-state index contributed by atoms with van der Waals surface area (Å²) in [5.41, 5.74) is 0.719. The van der Waals surface area contributed by atoms with Gasteiger partial charge in [0.2, 0.25) is 11.8 Å². The van der Waals surface area contributed by atoms with Gasteiger partial charge in [-0.3, -0.25) is 14.4 Å². The minimum Gasteiger partial charge on any atom is -0.455 e. The number of benzene rings is 1. The van der Waals surface area contributed by atoms with Crippen LogP contribution >= 0.6 is 0 Å². The number of esters is 1. The number of carbonyl (C=O) groups excluding carboxylic acids is 3. The van der Waals surface area contributed by atoms with E-state index in [1.807, 2.05) is 30.3 Å². The second kappa shape index (κ2) is 16.6.